The van der Waals surface area contributed by atoms with Gasteiger partial charge in [-0.1, -0.05) is 99.2 Å². The summed E-state index contributed by atoms with van der Waals surface area (Å²) in [5, 5.41) is 2.69. The van der Waals surface area contributed by atoms with Gasteiger partial charge in [-0.05, 0) is 59.8 Å². The van der Waals surface area contributed by atoms with Gasteiger partial charge >= 0.3 is 6.36 Å². The summed E-state index contributed by atoms with van der Waals surface area (Å²) in [6, 6.07) is 17.7. The summed E-state index contributed by atoms with van der Waals surface area (Å²) in [6.45, 7) is 17.1. The number of nitrogens with zero attached hydrogens (tertiary/aromatic N) is 3. The Kier molecular flexibility index (Phi) is 18.5. The Morgan fingerprint density at radius 1 is 0.978 bits per heavy atom. The molecular formula is C36H53F3N4O3. The summed E-state index contributed by atoms with van der Waals surface area (Å²) < 4.78 is 40.8. The number of hydrogen-bond donors (Lipinski definition) is 1. The quantitative estimate of drug-likeness (QED) is 0.277. The van der Waals surface area contributed by atoms with Crippen molar-refractivity contribution in [3.63, 3.8) is 0 Å². The molecule has 3 aromatic rings. The van der Waals surface area contributed by atoms with Crippen LogP contribution in [0.15, 0.2) is 73.1 Å². The maximum atomic E-state index is 12.6. The first kappa shape index (κ1) is 42.1. The first-order valence-electron chi connectivity index (χ1n) is 15.4. The Morgan fingerprint density at radius 3 is 2.04 bits per heavy atom. The van der Waals surface area contributed by atoms with E-state index in [1.165, 1.54) is 17.7 Å². The largest absolute Gasteiger partial charge is 0.573 e. The van der Waals surface area contributed by atoms with Crippen LogP contribution in [-0.2, 0) is 21.4 Å². The standard InChI is InChI=1S/C23H27F3N2O2.C8H10N2O.2C2H6.CH4/c1-22(2,3)18-9-7-17(8-10-18)21-27(4)15-20(29)28(21)14-13-16-5-11-19(12-6-16)30-23(24,25)26;1-2-8(11)10-7-4-3-5-9-6-7;2*1-2;/h5-12,21H,13-15H2,1-4H3;3-6H,2H2,1H3,(H,10,11);2*1-2H3;1H4/t21-;;;;/m1..../s1. The van der Waals surface area contributed by atoms with Crippen molar-refractivity contribution in [1.82, 2.24) is 14.8 Å². The first-order valence-corrected chi connectivity index (χ1v) is 15.4. The molecule has 1 saturated heterocycles. The number of rotatable bonds is 7. The lowest BCUT2D eigenvalue weighted by Crippen LogP contribution is -2.32. The average Bonchev–Trinajstić information content (AvgIpc) is 3.30. The molecule has 256 valence electrons. The Bertz CT molecular complexity index is 1280. The molecule has 1 aliphatic heterocycles. The van der Waals surface area contributed by atoms with Crippen LogP contribution < -0.4 is 10.1 Å². The third kappa shape index (κ3) is 14.0. The normalized spacial score (nSPS) is 14.3. The highest BCUT2D eigenvalue weighted by atomic mass is 19.4. The molecule has 0 radical (unpaired) electrons. The second-order valence-electron chi connectivity index (χ2n) is 10.8. The van der Waals surface area contributed by atoms with Gasteiger partial charge < -0.3 is 15.0 Å². The molecule has 1 fully saturated rings. The molecule has 46 heavy (non-hydrogen) atoms. The number of aromatic nitrogens is 1. The second-order valence-corrected chi connectivity index (χ2v) is 10.8. The fourth-order valence-electron chi connectivity index (χ4n) is 4.40. The van der Waals surface area contributed by atoms with Gasteiger partial charge in [0.15, 0.2) is 0 Å². The van der Waals surface area contributed by atoms with Crippen molar-refractivity contribution in [2.45, 2.75) is 93.6 Å². The summed E-state index contributed by atoms with van der Waals surface area (Å²) >= 11 is 0. The third-order valence-corrected chi connectivity index (χ3v) is 6.56. The lowest BCUT2D eigenvalue weighted by atomic mass is 9.86. The number of nitrogens with one attached hydrogen (secondary N) is 1. The molecule has 0 bridgehead atoms. The van der Waals surface area contributed by atoms with Crippen molar-refractivity contribution < 1.29 is 27.5 Å². The molecule has 10 heteroatoms. The zero-order valence-corrected chi connectivity index (χ0v) is 28.0. The van der Waals surface area contributed by atoms with Crippen LogP contribution >= 0.6 is 0 Å². The zero-order valence-electron chi connectivity index (χ0n) is 28.0. The van der Waals surface area contributed by atoms with Crippen molar-refractivity contribution in [3.8, 4) is 5.75 Å². The van der Waals surface area contributed by atoms with Gasteiger partial charge in [-0.15, -0.1) is 13.2 Å². The smallest absolute Gasteiger partial charge is 0.406 e. The van der Waals surface area contributed by atoms with E-state index < -0.39 is 6.36 Å². The van der Waals surface area contributed by atoms with E-state index in [1.807, 2.05) is 51.5 Å². The molecule has 1 atom stereocenters. The number of amides is 2. The topological polar surface area (TPSA) is 74.8 Å². The number of likely N-dealkylation sites (N-methyl/N-ethyl adjacent to an activating group) is 1. The highest BCUT2D eigenvalue weighted by Crippen LogP contribution is 2.32. The molecule has 2 aromatic carbocycles. The number of pyridine rings is 1. The van der Waals surface area contributed by atoms with Crippen LogP contribution in [0.2, 0.25) is 0 Å². The maximum absolute atomic E-state index is 12.6. The van der Waals surface area contributed by atoms with Gasteiger partial charge in [-0.3, -0.25) is 19.5 Å². The van der Waals surface area contributed by atoms with Crippen LogP contribution in [0.25, 0.3) is 0 Å². The minimum Gasteiger partial charge on any atom is -0.406 e. The Labute approximate surface area is 274 Å². The van der Waals surface area contributed by atoms with Gasteiger partial charge in [-0.2, -0.15) is 0 Å². The monoisotopic (exact) mass is 646 g/mol. The average molecular weight is 647 g/mol. The maximum Gasteiger partial charge on any atom is 0.573 e. The first-order chi connectivity index (χ1) is 21.3. The molecule has 0 unspecified atom stereocenters. The van der Waals surface area contributed by atoms with Crippen molar-refractivity contribution in [2.24, 2.45) is 0 Å². The van der Waals surface area contributed by atoms with Gasteiger partial charge in [-0.25, -0.2) is 0 Å². The van der Waals surface area contributed by atoms with Crippen molar-refractivity contribution in [1.29, 1.82) is 0 Å². The molecule has 0 saturated carbocycles. The SMILES string of the molecule is C.CC.CC.CCC(=O)Nc1cccnc1.CN1CC(=O)N(CCc2ccc(OC(F)(F)F)cc2)[C@@H]1c1ccc(C(C)(C)C)cc1. The summed E-state index contributed by atoms with van der Waals surface area (Å²) in [6.07, 6.45) is -0.532. The van der Waals surface area contributed by atoms with Gasteiger partial charge in [0, 0.05) is 19.2 Å². The molecule has 1 N–H and O–H groups in total. The number of carbonyl (C=O) groups excluding carboxylic acids is 2. The molecule has 4 rings (SSSR count). The fraction of sp³-hybridized carbons (Fsp3) is 0.472. The highest BCUT2D eigenvalue weighted by Gasteiger charge is 2.36. The lowest BCUT2D eigenvalue weighted by Gasteiger charge is -2.29. The van der Waals surface area contributed by atoms with Crippen LogP contribution in [0.5, 0.6) is 5.75 Å². The number of benzene rings is 2. The van der Waals surface area contributed by atoms with E-state index in [2.05, 4.69) is 60.1 Å². The molecule has 7 nitrogen and oxygen atoms in total. The summed E-state index contributed by atoms with van der Waals surface area (Å²) in [5.74, 6) is -0.197. The van der Waals surface area contributed by atoms with Crippen LogP contribution in [0.1, 0.15) is 92.1 Å². The van der Waals surface area contributed by atoms with E-state index in [4.69, 9.17) is 0 Å². The number of anilines is 1. The van der Waals surface area contributed by atoms with Crippen molar-refractivity contribution in [2.75, 3.05) is 25.5 Å². The van der Waals surface area contributed by atoms with E-state index in [9.17, 15) is 22.8 Å². The van der Waals surface area contributed by atoms with Crippen molar-refractivity contribution >= 4 is 17.5 Å². The summed E-state index contributed by atoms with van der Waals surface area (Å²) in [7, 11) is 1.92. The van der Waals surface area contributed by atoms with Crippen LogP contribution in [0.3, 0.4) is 0 Å². The lowest BCUT2D eigenvalue weighted by molar-refractivity contribution is -0.274. The molecule has 1 aromatic heterocycles. The highest BCUT2D eigenvalue weighted by molar-refractivity contribution is 5.90. The molecule has 0 spiro atoms. The number of carbonyl (C=O) groups is 2. The fourth-order valence-corrected chi connectivity index (χ4v) is 4.40. The minimum atomic E-state index is -4.70. The summed E-state index contributed by atoms with van der Waals surface area (Å²) in [4.78, 5) is 31.1. The van der Waals surface area contributed by atoms with E-state index >= 15 is 0 Å². The number of halogens is 3. The van der Waals surface area contributed by atoms with Crippen LogP contribution in [0.4, 0.5) is 18.9 Å². The number of ether oxygens (including phenoxy) is 1. The predicted molar refractivity (Wildman–Crippen MR) is 182 cm³/mol. The van der Waals surface area contributed by atoms with Gasteiger partial charge in [0.05, 0.1) is 18.4 Å². The molecule has 2 heterocycles. The Hall–Kier alpha value is -3.92. The third-order valence-electron chi connectivity index (χ3n) is 6.56. The van der Waals surface area contributed by atoms with Crippen LogP contribution in [-0.4, -0.2) is 53.1 Å². The van der Waals surface area contributed by atoms with Crippen LogP contribution in [0, 0.1) is 0 Å². The zero-order chi connectivity index (χ0) is 34.2. The number of hydrogen-bond acceptors (Lipinski definition) is 5. The van der Waals surface area contributed by atoms with E-state index in [0.29, 0.717) is 25.9 Å². The molecular weight excluding hydrogens is 593 g/mol. The predicted octanol–water partition coefficient (Wildman–Crippen LogP) is 9.02. The van der Waals surface area contributed by atoms with Crippen molar-refractivity contribution in [3.05, 3.63) is 89.7 Å². The Balaban J connectivity index is 0.00000106. The summed E-state index contributed by atoms with van der Waals surface area (Å²) in [5.41, 5.74) is 3.92. The molecule has 0 aliphatic carbocycles. The van der Waals surface area contributed by atoms with Gasteiger partial charge in [0.2, 0.25) is 11.8 Å². The molecule has 1 aliphatic rings. The van der Waals surface area contributed by atoms with E-state index in [0.717, 1.165) is 16.8 Å². The van der Waals surface area contributed by atoms with Gasteiger partial charge in [0.25, 0.3) is 0 Å². The minimum absolute atomic E-state index is 0. The van der Waals surface area contributed by atoms with Gasteiger partial charge in [0.1, 0.15) is 11.9 Å². The molecule has 2 amide bonds. The second kappa shape index (κ2) is 20.3. The number of alkyl halides is 3. The van der Waals surface area contributed by atoms with E-state index in [1.54, 1.807) is 36.7 Å². The van der Waals surface area contributed by atoms with E-state index in [-0.39, 0.29) is 36.6 Å². The Morgan fingerprint density at radius 2 is 1.57 bits per heavy atom.